The van der Waals surface area contributed by atoms with Crippen molar-refractivity contribution in [2.45, 2.75) is 24.4 Å². The molecule has 0 saturated heterocycles. The van der Waals surface area contributed by atoms with E-state index in [1.807, 2.05) is 16.3 Å². The zero-order valence-electron chi connectivity index (χ0n) is 15.6. The van der Waals surface area contributed by atoms with Gasteiger partial charge in [0.15, 0.2) is 6.10 Å². The maximum atomic E-state index is 10.3. The van der Waals surface area contributed by atoms with Crippen LogP contribution in [0.2, 0.25) is 0 Å². The van der Waals surface area contributed by atoms with Crippen molar-refractivity contribution < 1.29 is 89.5 Å². The van der Waals surface area contributed by atoms with E-state index in [1.165, 1.54) is 19.2 Å². The van der Waals surface area contributed by atoms with Gasteiger partial charge in [-0.3, -0.25) is 0 Å². The van der Waals surface area contributed by atoms with E-state index >= 15 is 0 Å². The molecular formula is C15H21AlNaO12+3. The molecule has 4 unspecified atom stereocenters. The van der Waals surface area contributed by atoms with Gasteiger partial charge in [0.1, 0.15) is 29.6 Å². The number of methoxy groups -OCH3 is 1. The Labute approximate surface area is 195 Å². The maximum absolute atomic E-state index is 10.3. The van der Waals surface area contributed by atoms with Gasteiger partial charge in [0, 0.05) is 0 Å². The molecule has 8 N–H and O–H groups in total. The summed E-state index contributed by atoms with van der Waals surface area (Å²) < 4.78 is 4.07. The fourth-order valence-corrected chi connectivity index (χ4v) is 1.32. The first-order chi connectivity index (χ1) is 12.9. The van der Waals surface area contributed by atoms with Gasteiger partial charge in [-0.25, -0.2) is 9.59 Å². The van der Waals surface area contributed by atoms with Crippen LogP contribution in [-0.2, 0) is 9.53 Å². The third kappa shape index (κ3) is 14.4. The first kappa shape index (κ1) is 32.4. The fourth-order valence-electron chi connectivity index (χ4n) is 1.32. The molecule has 0 aliphatic heterocycles. The minimum atomic E-state index is -2.20. The predicted molar refractivity (Wildman–Crippen MR) is 92.0 cm³/mol. The van der Waals surface area contributed by atoms with E-state index in [0.717, 1.165) is 0 Å². The van der Waals surface area contributed by atoms with Crippen molar-refractivity contribution in [3.05, 3.63) is 29.8 Å². The summed E-state index contributed by atoms with van der Waals surface area (Å²) in [5, 5.41) is 69.1. The standard InChI is InChI=1S/C7H6O3.C6H12O7.C2H3O2.Al.Na/c8-6-4-2-1-3-5(6)7(9)10;7-1-2(8)3(9)4(10)5(11)6(12)13;1-4-2-3;;/h1-4,8H,(H,9,10);2-5,7-11H,1H2,(H,12,13);1H3;;/q;;;+2;+1. The number of hydrogen-bond donors (Lipinski definition) is 8. The number of aliphatic carboxylic acids is 1. The number of rotatable bonds is 6. The molecule has 0 aliphatic carbocycles. The van der Waals surface area contributed by atoms with Crippen LogP contribution in [0.4, 0.5) is 4.79 Å². The van der Waals surface area contributed by atoms with Crippen molar-refractivity contribution in [3.8, 4) is 5.75 Å². The Bertz CT molecular complexity index is 629. The summed E-state index contributed by atoms with van der Waals surface area (Å²) in [6, 6.07) is 5.81. The topological polar surface area (TPSA) is 222 Å². The Kier molecular flexibility index (Phi) is 19.7. The monoisotopic (exact) mass is 443 g/mol. The third-order valence-electron chi connectivity index (χ3n) is 2.84. The molecule has 29 heavy (non-hydrogen) atoms. The Balaban J connectivity index is -0.000000375. The average Bonchev–Trinajstić information content (AvgIpc) is 2.66. The number of phenols is 1. The molecule has 12 nitrogen and oxygen atoms in total. The zero-order valence-corrected chi connectivity index (χ0v) is 18.8. The van der Waals surface area contributed by atoms with Crippen LogP contribution in [0.15, 0.2) is 24.3 Å². The molecule has 0 aromatic heterocycles. The number of para-hydroxylation sites is 1. The fraction of sp³-hybridized carbons (Fsp3) is 0.400. The number of ether oxygens (including phenoxy) is 1. The van der Waals surface area contributed by atoms with Crippen molar-refractivity contribution >= 4 is 33.1 Å². The van der Waals surface area contributed by atoms with Gasteiger partial charge in [0.25, 0.3) is 0 Å². The number of benzene rings is 1. The molecule has 0 amide bonds. The average molecular weight is 443 g/mol. The Morgan fingerprint density at radius 2 is 1.48 bits per heavy atom. The minimum absolute atomic E-state index is 0. The maximum Gasteiger partial charge on any atom is 1.00 e. The van der Waals surface area contributed by atoms with Crippen LogP contribution >= 0.6 is 0 Å². The number of carbonyl (C=O) groups excluding carboxylic acids is 1. The van der Waals surface area contributed by atoms with E-state index in [1.54, 1.807) is 12.1 Å². The van der Waals surface area contributed by atoms with Gasteiger partial charge >= 0.3 is 79.3 Å². The van der Waals surface area contributed by atoms with E-state index < -0.39 is 43.0 Å². The van der Waals surface area contributed by atoms with E-state index in [0.29, 0.717) is 0 Å². The number of aromatic carboxylic acids is 1. The van der Waals surface area contributed by atoms with Crippen molar-refractivity contribution in [3.63, 3.8) is 0 Å². The van der Waals surface area contributed by atoms with Gasteiger partial charge in [-0.05, 0) is 12.1 Å². The number of carbonyl (C=O) groups is 3. The zero-order chi connectivity index (χ0) is 22.4. The Morgan fingerprint density at radius 1 is 1.03 bits per heavy atom. The number of carboxylic acid groups (broad SMARTS) is 2. The number of carboxylic acids is 2. The molecule has 0 bridgehead atoms. The van der Waals surface area contributed by atoms with Crippen LogP contribution in [0.5, 0.6) is 5.75 Å². The van der Waals surface area contributed by atoms with Crippen LogP contribution in [-0.4, -0.2) is 112 Å². The molecule has 0 spiro atoms. The summed E-state index contributed by atoms with van der Waals surface area (Å²) in [4.78, 5) is 29.6. The van der Waals surface area contributed by atoms with E-state index in [4.69, 9.17) is 40.9 Å². The van der Waals surface area contributed by atoms with E-state index in [9.17, 15) is 14.4 Å². The number of aliphatic hydroxyl groups excluding tert-OH is 5. The van der Waals surface area contributed by atoms with Crippen LogP contribution < -0.4 is 29.6 Å². The summed E-state index contributed by atoms with van der Waals surface area (Å²) in [5.41, 5.74) is -0.0671. The molecule has 14 heteroatoms. The first-order valence-electron chi connectivity index (χ1n) is 7.31. The summed E-state index contributed by atoms with van der Waals surface area (Å²) in [6.07, 6.45) is -7.84. The molecule has 0 fully saturated rings. The molecule has 4 atom stereocenters. The SMILES string of the molecule is CO[C](=O)[Al+2].O=C(O)C(O)C(O)C(O)C(O)CO.O=C(O)c1ccccc1O.[Na+]. The number of aromatic hydroxyl groups is 1. The summed E-state index contributed by atoms with van der Waals surface area (Å²) >= 11 is 1.87. The second-order valence-corrected chi connectivity index (χ2v) is 5.33. The Hall–Kier alpha value is -1.24. The molecule has 0 saturated carbocycles. The number of hydrogen-bond acceptors (Lipinski definition) is 10. The van der Waals surface area contributed by atoms with Crippen molar-refractivity contribution in [2.24, 2.45) is 0 Å². The van der Waals surface area contributed by atoms with Crippen molar-refractivity contribution in [1.29, 1.82) is 0 Å². The van der Waals surface area contributed by atoms with Gasteiger partial charge in [-0.15, -0.1) is 0 Å². The second kappa shape index (κ2) is 17.6. The minimum Gasteiger partial charge on any atom is -0.507 e. The molecule has 1 aromatic carbocycles. The predicted octanol–water partition coefficient (Wildman–Crippen LogP) is -5.48. The molecule has 0 aliphatic rings. The smallest absolute Gasteiger partial charge is 0.507 e. The van der Waals surface area contributed by atoms with Crippen molar-refractivity contribution in [1.82, 2.24) is 0 Å². The normalized spacial score (nSPS) is 13.5. The van der Waals surface area contributed by atoms with Crippen LogP contribution in [0.25, 0.3) is 0 Å². The van der Waals surface area contributed by atoms with Crippen molar-refractivity contribution in [2.75, 3.05) is 13.7 Å². The first-order valence-corrected chi connectivity index (χ1v) is 7.88. The molecule has 0 heterocycles. The van der Waals surface area contributed by atoms with Gasteiger partial charge in [-0.1, -0.05) is 12.1 Å². The quantitative estimate of drug-likeness (QED) is 0.193. The summed E-state index contributed by atoms with van der Waals surface area (Å²) in [5.74, 6) is -3.04. The molecular weight excluding hydrogens is 422 g/mol. The van der Waals surface area contributed by atoms with Gasteiger partial charge in [0.05, 0.1) is 6.61 Å². The third-order valence-corrected chi connectivity index (χ3v) is 3.08. The molecule has 154 valence electrons. The van der Waals surface area contributed by atoms with Gasteiger partial charge in [0.2, 0.25) is 0 Å². The summed E-state index contributed by atoms with van der Waals surface area (Å²) in [6.45, 7) is -0.843. The molecule has 1 rings (SSSR count). The largest absolute Gasteiger partial charge is 1.00 e. The summed E-state index contributed by atoms with van der Waals surface area (Å²) in [7, 11) is 1.33. The Morgan fingerprint density at radius 3 is 1.76 bits per heavy atom. The van der Waals surface area contributed by atoms with Crippen LogP contribution in [0.3, 0.4) is 0 Å². The van der Waals surface area contributed by atoms with Crippen LogP contribution in [0, 0.1) is 0 Å². The molecule has 0 radical (unpaired) electrons. The van der Waals surface area contributed by atoms with Gasteiger partial charge in [-0.2, -0.15) is 0 Å². The van der Waals surface area contributed by atoms with E-state index in [2.05, 4.69) is 4.74 Å². The van der Waals surface area contributed by atoms with E-state index in [-0.39, 0.29) is 45.7 Å². The van der Waals surface area contributed by atoms with Crippen LogP contribution in [0.1, 0.15) is 10.4 Å². The molecule has 1 aromatic rings. The second-order valence-electron chi connectivity index (χ2n) is 4.86. The number of aliphatic hydroxyl groups is 5. The van der Waals surface area contributed by atoms with Gasteiger partial charge < -0.3 is 40.9 Å².